The van der Waals surface area contributed by atoms with Crippen molar-refractivity contribution in [2.45, 2.75) is 37.8 Å². The lowest BCUT2D eigenvalue weighted by molar-refractivity contribution is -0.124. The lowest BCUT2D eigenvalue weighted by Crippen LogP contribution is -2.60. The molecule has 1 amide bonds. The average Bonchev–Trinajstić information content (AvgIpc) is 3.14. The highest BCUT2D eigenvalue weighted by atomic mass is 16.1. The largest absolute Gasteiger partial charge is 0.342 e. The first kappa shape index (κ1) is 17.0. The molecule has 2 aromatic rings. The summed E-state index contributed by atoms with van der Waals surface area (Å²) >= 11 is 0. The summed E-state index contributed by atoms with van der Waals surface area (Å²) in [6.07, 6.45) is 5.59. The van der Waals surface area contributed by atoms with E-state index in [1.807, 2.05) is 47.4 Å². The molecule has 136 valence electrons. The highest BCUT2D eigenvalue weighted by Crippen LogP contribution is 2.38. The second kappa shape index (κ2) is 7.08. The first-order chi connectivity index (χ1) is 12.7. The van der Waals surface area contributed by atoms with Gasteiger partial charge in [-0.05, 0) is 24.5 Å². The van der Waals surface area contributed by atoms with Crippen molar-refractivity contribution in [3.63, 3.8) is 0 Å². The Labute approximate surface area is 153 Å². The molecule has 1 spiro atoms. The van der Waals surface area contributed by atoms with Gasteiger partial charge in [0.2, 0.25) is 6.41 Å². The van der Waals surface area contributed by atoms with Gasteiger partial charge in [0.15, 0.2) is 0 Å². The fraction of sp³-hybridized carbons (Fsp3) is 0.429. The molecule has 1 aromatic heterocycles. The molecular formula is C21H25N3O2. The van der Waals surface area contributed by atoms with Crippen molar-refractivity contribution in [2.75, 3.05) is 19.6 Å². The second-order valence-electron chi connectivity index (χ2n) is 7.52. The Morgan fingerprint density at radius 1 is 1.04 bits per heavy atom. The maximum atomic E-state index is 12.7. The molecule has 5 nitrogen and oxygen atoms in total. The van der Waals surface area contributed by atoms with Crippen LogP contribution in [-0.4, -0.2) is 46.4 Å². The monoisotopic (exact) mass is 351 g/mol. The number of pyridine rings is 1. The summed E-state index contributed by atoms with van der Waals surface area (Å²) in [4.78, 5) is 31.3. The SMILES string of the molecule is O=CN1CCN(Cc2ccc(-c3ccccc3)[nH]c2=O)C2(CCCC2)C1. The zero-order chi connectivity index (χ0) is 18.0. The van der Waals surface area contributed by atoms with E-state index in [1.54, 1.807) is 0 Å². The van der Waals surface area contributed by atoms with E-state index in [9.17, 15) is 9.59 Å². The minimum absolute atomic E-state index is 0.0164. The summed E-state index contributed by atoms with van der Waals surface area (Å²) < 4.78 is 0. The summed E-state index contributed by atoms with van der Waals surface area (Å²) in [6.45, 7) is 3.01. The zero-order valence-corrected chi connectivity index (χ0v) is 15.0. The smallest absolute Gasteiger partial charge is 0.252 e. The molecule has 1 saturated carbocycles. The molecule has 0 radical (unpaired) electrons. The summed E-state index contributed by atoms with van der Waals surface area (Å²) in [5.74, 6) is 0. The van der Waals surface area contributed by atoms with Gasteiger partial charge in [-0.2, -0.15) is 0 Å². The summed E-state index contributed by atoms with van der Waals surface area (Å²) in [7, 11) is 0. The maximum Gasteiger partial charge on any atom is 0.252 e. The van der Waals surface area contributed by atoms with Crippen molar-refractivity contribution < 1.29 is 4.79 Å². The van der Waals surface area contributed by atoms with Gasteiger partial charge < -0.3 is 9.88 Å². The van der Waals surface area contributed by atoms with Crippen LogP contribution in [0.15, 0.2) is 47.3 Å². The van der Waals surface area contributed by atoms with Crippen molar-refractivity contribution in [3.05, 3.63) is 58.4 Å². The van der Waals surface area contributed by atoms with Crippen LogP contribution in [0, 0.1) is 0 Å². The zero-order valence-electron chi connectivity index (χ0n) is 15.0. The number of hydrogen-bond acceptors (Lipinski definition) is 3. The van der Waals surface area contributed by atoms with E-state index < -0.39 is 0 Å². The van der Waals surface area contributed by atoms with Gasteiger partial charge in [-0.1, -0.05) is 49.2 Å². The van der Waals surface area contributed by atoms with Gasteiger partial charge in [0.25, 0.3) is 5.56 Å². The normalized spacial score (nSPS) is 19.8. The molecule has 0 bridgehead atoms. The third-order valence-electron chi connectivity index (χ3n) is 5.95. The number of benzene rings is 1. The Kier molecular flexibility index (Phi) is 4.64. The standard InChI is InChI=1S/C21H25N3O2/c25-16-23-12-13-24(21(15-23)10-4-5-11-21)14-18-8-9-19(22-20(18)26)17-6-2-1-3-7-17/h1-3,6-9,16H,4-5,10-15H2,(H,22,26). The fourth-order valence-corrected chi connectivity index (χ4v) is 4.51. The van der Waals surface area contributed by atoms with Crippen LogP contribution in [0.25, 0.3) is 11.3 Å². The number of piperazine rings is 1. The number of aromatic nitrogens is 1. The average molecular weight is 351 g/mol. The molecule has 1 aliphatic carbocycles. The Bertz CT molecular complexity index is 825. The number of nitrogens with zero attached hydrogens (tertiary/aromatic N) is 2. The second-order valence-corrected chi connectivity index (χ2v) is 7.52. The number of aromatic amines is 1. The van der Waals surface area contributed by atoms with E-state index in [2.05, 4.69) is 9.88 Å². The van der Waals surface area contributed by atoms with Crippen LogP contribution in [0.4, 0.5) is 0 Å². The topological polar surface area (TPSA) is 56.4 Å². The van der Waals surface area contributed by atoms with Gasteiger partial charge >= 0.3 is 0 Å². The molecule has 0 atom stereocenters. The van der Waals surface area contributed by atoms with Crippen LogP contribution < -0.4 is 5.56 Å². The van der Waals surface area contributed by atoms with E-state index in [0.29, 0.717) is 6.54 Å². The van der Waals surface area contributed by atoms with Crippen molar-refractivity contribution in [3.8, 4) is 11.3 Å². The minimum Gasteiger partial charge on any atom is -0.342 e. The third-order valence-corrected chi connectivity index (χ3v) is 5.95. The van der Waals surface area contributed by atoms with Gasteiger partial charge in [-0.3, -0.25) is 14.5 Å². The van der Waals surface area contributed by atoms with Crippen molar-refractivity contribution in [1.29, 1.82) is 0 Å². The van der Waals surface area contributed by atoms with E-state index in [0.717, 1.165) is 55.7 Å². The molecule has 1 N–H and O–H groups in total. The molecule has 5 heteroatoms. The van der Waals surface area contributed by atoms with Crippen LogP contribution in [0.3, 0.4) is 0 Å². The number of carbonyl (C=O) groups is 1. The predicted octanol–water partition coefficient (Wildman–Crippen LogP) is 2.63. The molecule has 1 aromatic carbocycles. The van der Waals surface area contributed by atoms with Crippen LogP contribution in [-0.2, 0) is 11.3 Å². The van der Waals surface area contributed by atoms with Crippen LogP contribution in [0.2, 0.25) is 0 Å². The lowest BCUT2D eigenvalue weighted by Gasteiger charge is -2.48. The lowest BCUT2D eigenvalue weighted by atomic mass is 9.91. The van der Waals surface area contributed by atoms with Gasteiger partial charge in [0.1, 0.15) is 0 Å². The molecule has 0 unspecified atom stereocenters. The Hall–Kier alpha value is -2.40. The quantitative estimate of drug-likeness (QED) is 0.862. The highest BCUT2D eigenvalue weighted by Gasteiger charge is 2.43. The molecule has 1 saturated heterocycles. The predicted molar refractivity (Wildman–Crippen MR) is 102 cm³/mol. The van der Waals surface area contributed by atoms with Crippen LogP contribution in [0.5, 0.6) is 0 Å². The number of H-pyrrole nitrogens is 1. The number of carbonyl (C=O) groups excluding carboxylic acids is 1. The van der Waals surface area contributed by atoms with E-state index in [1.165, 1.54) is 12.8 Å². The van der Waals surface area contributed by atoms with Crippen LogP contribution >= 0.6 is 0 Å². The summed E-state index contributed by atoms with van der Waals surface area (Å²) in [5.41, 5.74) is 2.69. The number of amides is 1. The van der Waals surface area contributed by atoms with E-state index in [4.69, 9.17) is 0 Å². The van der Waals surface area contributed by atoms with Gasteiger partial charge in [-0.15, -0.1) is 0 Å². The Balaban J connectivity index is 1.57. The Morgan fingerprint density at radius 2 is 1.81 bits per heavy atom. The molecule has 1 aliphatic heterocycles. The van der Waals surface area contributed by atoms with Gasteiger partial charge in [-0.25, -0.2) is 0 Å². The number of rotatable bonds is 4. The number of nitrogens with one attached hydrogen (secondary N) is 1. The van der Waals surface area contributed by atoms with Crippen LogP contribution in [0.1, 0.15) is 31.2 Å². The van der Waals surface area contributed by atoms with Crippen molar-refractivity contribution >= 4 is 6.41 Å². The van der Waals surface area contributed by atoms with E-state index >= 15 is 0 Å². The fourth-order valence-electron chi connectivity index (χ4n) is 4.51. The first-order valence-corrected chi connectivity index (χ1v) is 9.42. The summed E-state index contributed by atoms with van der Waals surface area (Å²) in [5, 5.41) is 0. The number of hydrogen-bond donors (Lipinski definition) is 1. The molecule has 4 rings (SSSR count). The van der Waals surface area contributed by atoms with Gasteiger partial charge in [0, 0.05) is 43.0 Å². The Morgan fingerprint density at radius 3 is 2.50 bits per heavy atom. The van der Waals surface area contributed by atoms with Gasteiger partial charge in [0.05, 0.1) is 0 Å². The molecule has 26 heavy (non-hydrogen) atoms. The molecular weight excluding hydrogens is 326 g/mol. The highest BCUT2D eigenvalue weighted by molar-refractivity contribution is 5.58. The maximum absolute atomic E-state index is 12.7. The first-order valence-electron chi connectivity index (χ1n) is 9.42. The molecule has 2 heterocycles. The van der Waals surface area contributed by atoms with Crippen molar-refractivity contribution in [1.82, 2.24) is 14.8 Å². The summed E-state index contributed by atoms with van der Waals surface area (Å²) in [6, 6.07) is 13.9. The molecule has 2 aliphatic rings. The molecule has 2 fully saturated rings. The minimum atomic E-state index is -0.0164. The van der Waals surface area contributed by atoms with E-state index in [-0.39, 0.29) is 11.1 Å². The third kappa shape index (κ3) is 3.19. The van der Waals surface area contributed by atoms with Crippen molar-refractivity contribution in [2.24, 2.45) is 0 Å².